The third kappa shape index (κ3) is 4.75. The Labute approximate surface area is 116 Å². The summed E-state index contributed by atoms with van der Waals surface area (Å²) in [5.74, 6) is 0.335. The molecule has 0 aromatic rings. The number of nitrogens with zero attached hydrogens (tertiary/aromatic N) is 3. The van der Waals surface area contributed by atoms with Crippen molar-refractivity contribution >= 4 is 5.91 Å². The van der Waals surface area contributed by atoms with Crippen LogP contribution >= 0.6 is 0 Å². The van der Waals surface area contributed by atoms with E-state index < -0.39 is 0 Å². The fourth-order valence-corrected chi connectivity index (χ4v) is 2.84. The minimum Gasteiger partial charge on any atom is -0.340 e. The lowest BCUT2D eigenvalue weighted by atomic mass is 10.1. The summed E-state index contributed by atoms with van der Waals surface area (Å²) in [7, 11) is 2.11. The molecule has 0 bridgehead atoms. The Morgan fingerprint density at radius 3 is 2.37 bits per heavy atom. The fourth-order valence-electron chi connectivity index (χ4n) is 2.84. The molecule has 0 aliphatic carbocycles. The van der Waals surface area contributed by atoms with Crippen LogP contribution in [0, 0.1) is 0 Å². The number of hydrogen-bond donors (Lipinski definition) is 1. The van der Waals surface area contributed by atoms with Crippen molar-refractivity contribution in [3.8, 4) is 0 Å². The van der Waals surface area contributed by atoms with Crippen LogP contribution in [0.2, 0.25) is 0 Å². The molecule has 0 atom stereocenters. The van der Waals surface area contributed by atoms with Crippen LogP contribution in [-0.2, 0) is 4.79 Å². The van der Waals surface area contributed by atoms with E-state index in [1.54, 1.807) is 0 Å². The van der Waals surface area contributed by atoms with E-state index in [-0.39, 0.29) is 0 Å². The molecule has 2 N–H and O–H groups in total. The lowest BCUT2D eigenvalue weighted by molar-refractivity contribution is -0.132. The zero-order valence-electron chi connectivity index (χ0n) is 12.2. The second-order valence-corrected chi connectivity index (χ2v) is 5.97. The predicted octanol–water partition coefficient (Wildman–Crippen LogP) is -0.0363. The first kappa shape index (κ1) is 14.8. The maximum atomic E-state index is 12.1. The summed E-state index contributed by atoms with van der Waals surface area (Å²) in [5, 5.41) is 0. The maximum absolute atomic E-state index is 12.1. The van der Waals surface area contributed by atoms with E-state index in [9.17, 15) is 4.79 Å². The van der Waals surface area contributed by atoms with E-state index in [2.05, 4.69) is 16.8 Å². The highest BCUT2D eigenvalue weighted by molar-refractivity contribution is 5.76. The first-order valence-electron chi connectivity index (χ1n) is 7.59. The van der Waals surface area contributed by atoms with Gasteiger partial charge in [-0.2, -0.15) is 0 Å². The Morgan fingerprint density at radius 1 is 1.11 bits per heavy atom. The van der Waals surface area contributed by atoms with Gasteiger partial charge in [0, 0.05) is 38.6 Å². The zero-order valence-corrected chi connectivity index (χ0v) is 12.2. The van der Waals surface area contributed by atoms with E-state index in [1.165, 1.54) is 0 Å². The Hall–Kier alpha value is -0.650. The van der Waals surface area contributed by atoms with Gasteiger partial charge < -0.3 is 20.4 Å². The lowest BCUT2D eigenvalue weighted by Gasteiger charge is -2.33. The first-order chi connectivity index (χ1) is 9.15. The summed E-state index contributed by atoms with van der Waals surface area (Å²) in [6, 6.07) is 0.392. The molecular weight excluding hydrogens is 240 g/mol. The van der Waals surface area contributed by atoms with Crippen molar-refractivity contribution in [1.82, 2.24) is 14.7 Å². The van der Waals surface area contributed by atoms with Gasteiger partial charge >= 0.3 is 0 Å². The molecule has 110 valence electrons. The minimum absolute atomic E-state index is 0.335. The second kappa shape index (κ2) is 7.22. The molecule has 5 nitrogen and oxygen atoms in total. The Kier molecular flexibility index (Phi) is 5.60. The third-order valence-corrected chi connectivity index (χ3v) is 4.35. The average Bonchev–Trinajstić information content (AvgIpc) is 2.41. The molecule has 0 aromatic carbocycles. The Balaban J connectivity index is 1.59. The minimum atomic E-state index is 0.335. The zero-order chi connectivity index (χ0) is 13.7. The van der Waals surface area contributed by atoms with Crippen LogP contribution in [0.5, 0.6) is 0 Å². The van der Waals surface area contributed by atoms with Crippen LogP contribution in [0.15, 0.2) is 0 Å². The van der Waals surface area contributed by atoms with Gasteiger partial charge in [-0.05, 0) is 45.9 Å². The van der Waals surface area contributed by atoms with E-state index in [1.807, 2.05) is 4.90 Å². The highest BCUT2D eigenvalue weighted by atomic mass is 16.2. The molecule has 5 heteroatoms. The number of carbonyl (C=O) groups excluding carboxylic acids is 1. The quantitative estimate of drug-likeness (QED) is 0.777. The summed E-state index contributed by atoms with van der Waals surface area (Å²) in [6.07, 6.45) is 3.89. The van der Waals surface area contributed by atoms with Crippen molar-refractivity contribution in [2.45, 2.75) is 31.7 Å². The number of likely N-dealkylation sites (tertiary alicyclic amines) is 1. The van der Waals surface area contributed by atoms with Crippen molar-refractivity contribution in [2.75, 3.05) is 52.9 Å². The van der Waals surface area contributed by atoms with E-state index >= 15 is 0 Å². The molecule has 19 heavy (non-hydrogen) atoms. The van der Waals surface area contributed by atoms with E-state index in [0.29, 0.717) is 18.4 Å². The molecule has 2 aliphatic rings. The number of nitrogens with two attached hydrogens (primary N) is 1. The number of piperidine rings is 1. The lowest BCUT2D eigenvalue weighted by Crippen LogP contribution is -2.47. The summed E-state index contributed by atoms with van der Waals surface area (Å²) >= 11 is 0. The normalized spacial score (nSPS) is 23.8. The summed E-state index contributed by atoms with van der Waals surface area (Å²) in [6.45, 7) is 7.06. The SMILES string of the molecule is CN1CCN(C(=O)CCCN2CCC(N)CC2)CC1. The van der Waals surface area contributed by atoms with Gasteiger partial charge in [0.1, 0.15) is 0 Å². The summed E-state index contributed by atoms with van der Waals surface area (Å²) in [4.78, 5) is 18.8. The van der Waals surface area contributed by atoms with Gasteiger partial charge in [-0.25, -0.2) is 0 Å². The summed E-state index contributed by atoms with van der Waals surface area (Å²) in [5.41, 5.74) is 5.89. The maximum Gasteiger partial charge on any atom is 0.222 e. The Morgan fingerprint density at radius 2 is 1.74 bits per heavy atom. The average molecular weight is 268 g/mol. The molecule has 2 saturated heterocycles. The largest absolute Gasteiger partial charge is 0.340 e. The number of rotatable bonds is 4. The van der Waals surface area contributed by atoms with Crippen LogP contribution in [-0.4, -0.2) is 79.5 Å². The van der Waals surface area contributed by atoms with Gasteiger partial charge in [0.2, 0.25) is 5.91 Å². The van der Waals surface area contributed by atoms with Gasteiger partial charge in [0.05, 0.1) is 0 Å². The van der Waals surface area contributed by atoms with Crippen LogP contribution in [0.25, 0.3) is 0 Å². The van der Waals surface area contributed by atoms with E-state index in [4.69, 9.17) is 5.73 Å². The third-order valence-electron chi connectivity index (χ3n) is 4.35. The number of amides is 1. The van der Waals surface area contributed by atoms with Crippen LogP contribution in [0.1, 0.15) is 25.7 Å². The standard InChI is InChI=1S/C14H28N4O/c1-16-9-11-18(12-10-16)14(19)3-2-6-17-7-4-13(15)5-8-17/h13H,2-12,15H2,1H3. The number of piperazine rings is 1. The molecule has 2 aliphatic heterocycles. The van der Waals surface area contributed by atoms with Gasteiger partial charge in [0.25, 0.3) is 0 Å². The van der Waals surface area contributed by atoms with Crippen molar-refractivity contribution in [3.05, 3.63) is 0 Å². The molecule has 0 unspecified atom stereocenters. The van der Waals surface area contributed by atoms with E-state index in [0.717, 1.165) is 65.1 Å². The van der Waals surface area contributed by atoms with Gasteiger partial charge in [-0.3, -0.25) is 4.79 Å². The van der Waals surface area contributed by atoms with Crippen molar-refractivity contribution in [2.24, 2.45) is 5.73 Å². The molecule has 0 saturated carbocycles. The second-order valence-electron chi connectivity index (χ2n) is 5.97. The number of hydrogen-bond acceptors (Lipinski definition) is 4. The molecule has 0 aromatic heterocycles. The predicted molar refractivity (Wildman–Crippen MR) is 77.0 cm³/mol. The number of carbonyl (C=O) groups is 1. The van der Waals surface area contributed by atoms with Crippen molar-refractivity contribution in [1.29, 1.82) is 0 Å². The van der Waals surface area contributed by atoms with Gasteiger partial charge in [-0.15, -0.1) is 0 Å². The topological polar surface area (TPSA) is 52.8 Å². The molecule has 2 rings (SSSR count). The van der Waals surface area contributed by atoms with Gasteiger partial charge in [0.15, 0.2) is 0 Å². The Bertz CT molecular complexity index is 281. The van der Waals surface area contributed by atoms with Crippen molar-refractivity contribution < 1.29 is 4.79 Å². The molecular formula is C14H28N4O. The van der Waals surface area contributed by atoms with Crippen LogP contribution in [0.3, 0.4) is 0 Å². The molecule has 2 fully saturated rings. The van der Waals surface area contributed by atoms with Crippen molar-refractivity contribution in [3.63, 3.8) is 0 Å². The van der Waals surface area contributed by atoms with Gasteiger partial charge in [-0.1, -0.05) is 0 Å². The number of likely N-dealkylation sites (N-methyl/N-ethyl adjacent to an activating group) is 1. The molecule has 0 spiro atoms. The fraction of sp³-hybridized carbons (Fsp3) is 0.929. The first-order valence-corrected chi connectivity index (χ1v) is 7.59. The highest BCUT2D eigenvalue weighted by Crippen LogP contribution is 2.10. The highest BCUT2D eigenvalue weighted by Gasteiger charge is 2.19. The summed E-state index contributed by atoms with van der Waals surface area (Å²) < 4.78 is 0. The smallest absolute Gasteiger partial charge is 0.222 e. The molecule has 1 amide bonds. The molecule has 2 heterocycles. The molecule has 0 radical (unpaired) electrons. The monoisotopic (exact) mass is 268 g/mol. The van der Waals surface area contributed by atoms with Crippen LogP contribution in [0.4, 0.5) is 0 Å². The van der Waals surface area contributed by atoms with Crippen LogP contribution < -0.4 is 5.73 Å².